The molecule has 4 N–H and O–H groups in total. The second kappa shape index (κ2) is 6.80. The summed E-state index contributed by atoms with van der Waals surface area (Å²) in [6.07, 6.45) is 0. The fraction of sp³-hybridized carbons (Fsp3) is 0. The summed E-state index contributed by atoms with van der Waals surface area (Å²) in [4.78, 5) is 29.3. The molecule has 0 atom stereocenters. The van der Waals surface area contributed by atoms with Crippen LogP contribution in [0.15, 0.2) is 0 Å². The summed E-state index contributed by atoms with van der Waals surface area (Å²) < 4.78 is 0. The minimum atomic E-state index is -4.61. The predicted octanol–water partition coefficient (Wildman–Crippen LogP) is -2.61. The van der Waals surface area contributed by atoms with Gasteiger partial charge in [0.15, 0.2) is 0 Å². The maximum absolute atomic E-state index is 7.33. The van der Waals surface area contributed by atoms with Crippen molar-refractivity contribution < 1.29 is 98.8 Å². The van der Waals surface area contributed by atoms with Crippen LogP contribution in [0.3, 0.4) is 0 Å². The molecule has 0 fully saturated rings. The van der Waals surface area contributed by atoms with Crippen LogP contribution in [0.2, 0.25) is 0 Å². The monoisotopic (exact) mass is 359 g/mol. The standard InChI is InChI=1S/H4O4Si.Y.Yb/c1-5(2,3)4;;/h1-4H;;. The fourth-order valence-electron chi connectivity index (χ4n) is 0. The van der Waals surface area contributed by atoms with Crippen LogP contribution in [0.4, 0.5) is 0 Å². The quantitative estimate of drug-likeness (QED) is 0.358. The van der Waals surface area contributed by atoms with Gasteiger partial charge in [-0.2, -0.15) is 0 Å². The molecule has 1 radical (unpaired) electrons. The molecule has 49 valence electrons. The van der Waals surface area contributed by atoms with E-state index in [4.69, 9.17) is 19.2 Å². The normalized spacial score (nSPS) is 8.57. The SMILES string of the molecule is O[Si](O)(O)O.[Y].[Yb]. The van der Waals surface area contributed by atoms with Crippen LogP contribution < -0.4 is 0 Å². The van der Waals surface area contributed by atoms with Crippen LogP contribution in [0, 0.1) is 46.9 Å². The van der Waals surface area contributed by atoms with Gasteiger partial charge in [0, 0.05) is 79.6 Å². The van der Waals surface area contributed by atoms with Gasteiger partial charge in [-0.05, 0) is 0 Å². The second-order valence-corrected chi connectivity index (χ2v) is 1.80. The van der Waals surface area contributed by atoms with Crippen molar-refractivity contribution in [3.63, 3.8) is 0 Å². The van der Waals surface area contributed by atoms with Gasteiger partial charge < -0.3 is 19.2 Å². The van der Waals surface area contributed by atoms with Gasteiger partial charge in [-0.1, -0.05) is 0 Å². The maximum atomic E-state index is 7.33. The molecule has 0 aliphatic heterocycles. The molecule has 0 spiro atoms. The molecule has 0 saturated heterocycles. The Morgan fingerprint density at radius 2 is 0.857 bits per heavy atom. The van der Waals surface area contributed by atoms with Gasteiger partial charge in [0.2, 0.25) is 0 Å². The van der Waals surface area contributed by atoms with Gasteiger partial charge >= 0.3 is 9.05 Å². The molecule has 0 unspecified atom stereocenters. The average molecular weight is 358 g/mol. The largest absolute Gasteiger partial charge is 0.668 e. The van der Waals surface area contributed by atoms with Crippen LogP contribution in [0.5, 0.6) is 0 Å². The first-order chi connectivity index (χ1) is 2.00. The zero-order valence-electron chi connectivity index (χ0n) is 3.13. The summed E-state index contributed by atoms with van der Waals surface area (Å²) in [7, 11) is -4.61. The van der Waals surface area contributed by atoms with Crippen LogP contribution in [0.25, 0.3) is 0 Å². The molecule has 0 saturated carbocycles. The molecule has 0 heterocycles. The van der Waals surface area contributed by atoms with E-state index in [2.05, 4.69) is 0 Å². The third-order valence-corrected chi connectivity index (χ3v) is 0. The molecular formula is H4O4SiYYb. The molecule has 4 nitrogen and oxygen atoms in total. The van der Waals surface area contributed by atoms with E-state index in [0.29, 0.717) is 0 Å². The van der Waals surface area contributed by atoms with Gasteiger partial charge in [-0.25, -0.2) is 0 Å². The van der Waals surface area contributed by atoms with Crippen LogP contribution in [0.1, 0.15) is 0 Å². The van der Waals surface area contributed by atoms with Crippen molar-refractivity contribution in [1.82, 2.24) is 0 Å². The second-order valence-electron chi connectivity index (χ2n) is 0.600. The van der Waals surface area contributed by atoms with E-state index in [9.17, 15) is 0 Å². The zero-order valence-corrected chi connectivity index (χ0v) is 8.69. The van der Waals surface area contributed by atoms with Crippen LogP contribution in [-0.4, -0.2) is 28.2 Å². The van der Waals surface area contributed by atoms with Crippen LogP contribution >= 0.6 is 0 Å². The third-order valence-electron chi connectivity index (χ3n) is 0. The maximum Gasteiger partial charge on any atom is 0.668 e. The van der Waals surface area contributed by atoms with E-state index in [0.717, 1.165) is 0 Å². The molecule has 7 heteroatoms. The summed E-state index contributed by atoms with van der Waals surface area (Å²) in [5.74, 6) is 0. The minimum absolute atomic E-state index is 0. The molecule has 0 bridgehead atoms. The van der Waals surface area contributed by atoms with E-state index in [-0.39, 0.29) is 79.6 Å². The fourth-order valence-corrected chi connectivity index (χ4v) is 0. The Morgan fingerprint density at radius 3 is 0.857 bits per heavy atom. The topological polar surface area (TPSA) is 80.9 Å². The van der Waals surface area contributed by atoms with Gasteiger partial charge in [0.25, 0.3) is 0 Å². The molecule has 0 aliphatic rings. The van der Waals surface area contributed by atoms with Gasteiger partial charge in [0.1, 0.15) is 0 Å². The van der Waals surface area contributed by atoms with E-state index < -0.39 is 9.05 Å². The molecular weight excluding hydrogens is 354 g/mol. The summed E-state index contributed by atoms with van der Waals surface area (Å²) >= 11 is 0. The third kappa shape index (κ3) is 53.9. The van der Waals surface area contributed by atoms with E-state index in [1.165, 1.54) is 0 Å². The Kier molecular flexibility index (Phi) is 15.9. The Labute approximate surface area is 106 Å². The van der Waals surface area contributed by atoms with Crippen molar-refractivity contribution in [2.45, 2.75) is 0 Å². The summed E-state index contributed by atoms with van der Waals surface area (Å²) in [6, 6.07) is 0. The first kappa shape index (κ1) is 16.3. The first-order valence-corrected chi connectivity index (χ1v) is 2.68. The average Bonchev–Trinajstić information content (AvgIpc) is 0.722. The smallest absolute Gasteiger partial charge is 0.368 e. The Morgan fingerprint density at radius 1 is 0.857 bits per heavy atom. The van der Waals surface area contributed by atoms with Crippen molar-refractivity contribution in [3.05, 3.63) is 0 Å². The van der Waals surface area contributed by atoms with E-state index >= 15 is 0 Å². The summed E-state index contributed by atoms with van der Waals surface area (Å²) in [6.45, 7) is 0. The Balaban J connectivity index is -0.0000000800. The van der Waals surface area contributed by atoms with Crippen molar-refractivity contribution in [2.24, 2.45) is 0 Å². The molecule has 0 aromatic rings. The molecule has 0 amide bonds. The molecule has 7 heavy (non-hydrogen) atoms. The summed E-state index contributed by atoms with van der Waals surface area (Å²) in [5, 5.41) is 0. The number of hydrogen-bond donors (Lipinski definition) is 4. The van der Waals surface area contributed by atoms with Crippen molar-refractivity contribution in [2.75, 3.05) is 0 Å². The van der Waals surface area contributed by atoms with Crippen molar-refractivity contribution >= 4 is 9.05 Å². The molecule has 0 aliphatic carbocycles. The van der Waals surface area contributed by atoms with E-state index in [1.807, 2.05) is 0 Å². The number of rotatable bonds is 0. The Bertz CT molecular complexity index is 27.2. The van der Waals surface area contributed by atoms with Crippen LogP contribution in [-0.2, 0) is 32.7 Å². The van der Waals surface area contributed by atoms with Gasteiger partial charge in [-0.3, -0.25) is 0 Å². The van der Waals surface area contributed by atoms with E-state index in [1.54, 1.807) is 0 Å². The van der Waals surface area contributed by atoms with Gasteiger partial charge in [0.05, 0.1) is 0 Å². The molecule has 0 aromatic heterocycles. The molecule has 0 rings (SSSR count). The number of hydrogen-bond acceptors (Lipinski definition) is 4. The van der Waals surface area contributed by atoms with Crippen molar-refractivity contribution in [1.29, 1.82) is 0 Å². The van der Waals surface area contributed by atoms with Crippen molar-refractivity contribution in [3.8, 4) is 0 Å². The predicted molar refractivity (Wildman–Crippen MR) is 14.6 cm³/mol. The van der Waals surface area contributed by atoms with Gasteiger partial charge in [-0.15, -0.1) is 0 Å². The minimum Gasteiger partial charge on any atom is -0.368 e. The first-order valence-electron chi connectivity index (χ1n) is 0.894. The zero-order chi connectivity index (χ0) is 4.50. The Hall–Kier alpha value is 2.68. The molecule has 0 aromatic carbocycles. The summed E-state index contributed by atoms with van der Waals surface area (Å²) in [5.41, 5.74) is 0.